The van der Waals surface area contributed by atoms with Crippen molar-refractivity contribution in [1.29, 1.82) is 0 Å². The van der Waals surface area contributed by atoms with Crippen LogP contribution in [0.1, 0.15) is 46.1 Å². The summed E-state index contributed by atoms with van der Waals surface area (Å²) in [7, 11) is 0. The van der Waals surface area contributed by atoms with E-state index >= 15 is 0 Å². The second kappa shape index (κ2) is 7.67. The van der Waals surface area contributed by atoms with Crippen LogP contribution in [0.15, 0.2) is 54.7 Å². The lowest BCUT2D eigenvalue weighted by Crippen LogP contribution is -2.31. The van der Waals surface area contributed by atoms with Gasteiger partial charge in [-0.1, -0.05) is 30.3 Å². The fourth-order valence-corrected chi connectivity index (χ4v) is 4.12. The summed E-state index contributed by atoms with van der Waals surface area (Å²) in [6.07, 6.45) is 4.72. The van der Waals surface area contributed by atoms with Crippen molar-refractivity contribution < 1.29 is 14.3 Å². The summed E-state index contributed by atoms with van der Waals surface area (Å²) in [5.74, 6) is 0.163. The molecule has 1 aliphatic heterocycles. The number of carbonyl (C=O) groups excluding carboxylic acids is 2. The Morgan fingerprint density at radius 2 is 2.10 bits per heavy atom. The highest BCUT2D eigenvalue weighted by Gasteiger charge is 2.26. The summed E-state index contributed by atoms with van der Waals surface area (Å²) < 4.78 is 7.47. The predicted octanol–water partition coefficient (Wildman–Crippen LogP) is 3.07. The van der Waals surface area contributed by atoms with E-state index < -0.39 is 0 Å². The number of anilines is 1. The molecule has 2 N–H and O–H groups in total. The molecule has 7 heteroatoms. The molecule has 0 saturated heterocycles. The third-order valence-corrected chi connectivity index (χ3v) is 5.62. The molecule has 1 aromatic heterocycles. The molecule has 1 atom stereocenters. The molecular weight excluding hydrogens is 380 g/mol. The van der Waals surface area contributed by atoms with Gasteiger partial charge in [0.25, 0.3) is 11.8 Å². The largest absolute Gasteiger partial charge is 0.482 e. The highest BCUT2D eigenvalue weighted by Crippen LogP contribution is 2.32. The van der Waals surface area contributed by atoms with Crippen LogP contribution in [0, 0.1) is 0 Å². The number of ether oxygens (including phenoxy) is 1. The molecule has 7 nitrogen and oxygen atoms in total. The lowest BCUT2D eigenvalue weighted by Gasteiger charge is -2.25. The Hall–Kier alpha value is -3.61. The van der Waals surface area contributed by atoms with E-state index in [0.717, 1.165) is 31.4 Å². The van der Waals surface area contributed by atoms with Crippen molar-refractivity contribution in [2.75, 3.05) is 11.9 Å². The van der Waals surface area contributed by atoms with E-state index in [1.807, 2.05) is 29.1 Å². The van der Waals surface area contributed by atoms with Gasteiger partial charge in [0.15, 0.2) is 6.61 Å². The van der Waals surface area contributed by atoms with E-state index in [1.165, 1.54) is 11.3 Å². The highest BCUT2D eigenvalue weighted by atomic mass is 16.5. The summed E-state index contributed by atoms with van der Waals surface area (Å²) in [5, 5.41) is 10.5. The van der Waals surface area contributed by atoms with Gasteiger partial charge in [-0.15, -0.1) is 0 Å². The fourth-order valence-electron chi connectivity index (χ4n) is 4.12. The Balaban J connectivity index is 1.33. The van der Waals surface area contributed by atoms with Crippen molar-refractivity contribution >= 4 is 17.5 Å². The molecule has 2 aliphatic rings. The minimum atomic E-state index is -0.193. The van der Waals surface area contributed by atoms with Gasteiger partial charge >= 0.3 is 0 Å². The maximum Gasteiger partial charge on any atom is 0.262 e. The third kappa shape index (κ3) is 3.54. The maximum absolute atomic E-state index is 12.9. The van der Waals surface area contributed by atoms with Crippen molar-refractivity contribution in [2.24, 2.45) is 0 Å². The van der Waals surface area contributed by atoms with Crippen LogP contribution in [-0.2, 0) is 17.8 Å². The summed E-state index contributed by atoms with van der Waals surface area (Å²) in [6.45, 7) is 0.690. The van der Waals surface area contributed by atoms with Crippen LogP contribution in [0.25, 0.3) is 0 Å². The van der Waals surface area contributed by atoms with Gasteiger partial charge in [0, 0.05) is 16.8 Å². The normalized spacial score (nSPS) is 17.3. The Bertz CT molecular complexity index is 1110. The summed E-state index contributed by atoms with van der Waals surface area (Å²) in [4.78, 5) is 24.3. The van der Waals surface area contributed by atoms with E-state index in [4.69, 9.17) is 4.74 Å². The molecule has 0 saturated carbocycles. The van der Waals surface area contributed by atoms with Crippen LogP contribution < -0.4 is 15.4 Å². The quantitative estimate of drug-likeness (QED) is 0.702. The first-order valence-electron chi connectivity index (χ1n) is 10.1. The van der Waals surface area contributed by atoms with Gasteiger partial charge in [-0.3, -0.25) is 14.3 Å². The van der Waals surface area contributed by atoms with Crippen LogP contribution in [0.2, 0.25) is 0 Å². The Morgan fingerprint density at radius 1 is 1.23 bits per heavy atom. The molecule has 0 spiro atoms. The minimum absolute atomic E-state index is 0.0370. The van der Waals surface area contributed by atoms with Gasteiger partial charge in [-0.05, 0) is 43.0 Å². The van der Waals surface area contributed by atoms with E-state index in [1.54, 1.807) is 18.2 Å². The van der Waals surface area contributed by atoms with Crippen molar-refractivity contribution in [3.05, 3.63) is 77.1 Å². The zero-order valence-corrected chi connectivity index (χ0v) is 16.4. The van der Waals surface area contributed by atoms with Crippen molar-refractivity contribution in [3.63, 3.8) is 0 Å². The molecule has 0 bridgehead atoms. The zero-order chi connectivity index (χ0) is 20.5. The number of nitrogens with one attached hydrogen (secondary N) is 2. The third-order valence-electron chi connectivity index (χ3n) is 5.62. The number of hydrogen-bond acceptors (Lipinski definition) is 4. The Morgan fingerprint density at radius 3 is 2.97 bits per heavy atom. The van der Waals surface area contributed by atoms with Gasteiger partial charge in [-0.25, -0.2) is 0 Å². The molecule has 2 heterocycles. The summed E-state index contributed by atoms with van der Waals surface area (Å²) in [5.41, 5.74) is 4.58. The molecule has 2 amide bonds. The number of carbonyl (C=O) groups is 2. The average Bonchev–Trinajstić information content (AvgIpc) is 3.18. The Labute approximate surface area is 174 Å². The number of amides is 2. The van der Waals surface area contributed by atoms with Crippen LogP contribution in [-0.4, -0.2) is 28.2 Å². The maximum atomic E-state index is 12.9. The SMILES string of the molecule is O=C1COc2cc(C(=O)N[C@H]3CCCc4c3cnn4Cc3ccccc3)ccc2N1. The zero-order valence-electron chi connectivity index (χ0n) is 16.4. The van der Waals surface area contributed by atoms with E-state index in [2.05, 4.69) is 27.9 Å². The average molecular weight is 402 g/mol. The van der Waals surface area contributed by atoms with E-state index in [9.17, 15) is 9.59 Å². The second-order valence-corrected chi connectivity index (χ2v) is 7.66. The first-order chi connectivity index (χ1) is 14.7. The van der Waals surface area contributed by atoms with Crippen LogP contribution in [0.3, 0.4) is 0 Å². The van der Waals surface area contributed by atoms with Gasteiger partial charge in [0.2, 0.25) is 0 Å². The second-order valence-electron chi connectivity index (χ2n) is 7.66. The number of nitrogens with zero attached hydrogens (tertiary/aromatic N) is 2. The molecule has 3 aromatic rings. The van der Waals surface area contributed by atoms with Crippen LogP contribution >= 0.6 is 0 Å². The summed E-state index contributed by atoms with van der Waals surface area (Å²) in [6, 6.07) is 15.3. The van der Waals surface area contributed by atoms with Gasteiger partial charge in [0.05, 0.1) is 24.5 Å². The highest BCUT2D eigenvalue weighted by molar-refractivity contribution is 5.99. The predicted molar refractivity (Wildman–Crippen MR) is 111 cm³/mol. The Kier molecular flexibility index (Phi) is 4.71. The van der Waals surface area contributed by atoms with E-state index in [-0.39, 0.29) is 24.5 Å². The molecule has 0 unspecified atom stereocenters. The number of hydrogen-bond donors (Lipinski definition) is 2. The van der Waals surface area contributed by atoms with Crippen molar-refractivity contribution in [1.82, 2.24) is 15.1 Å². The molecule has 1 aliphatic carbocycles. The van der Waals surface area contributed by atoms with Crippen molar-refractivity contribution in [2.45, 2.75) is 31.8 Å². The molecule has 2 aromatic carbocycles. The number of aromatic nitrogens is 2. The van der Waals surface area contributed by atoms with E-state index in [0.29, 0.717) is 17.0 Å². The standard InChI is InChI=1S/C23H22N4O3/c28-22-14-30-21-11-16(9-10-19(21)25-22)23(29)26-18-7-4-8-20-17(18)12-24-27(20)13-15-5-2-1-3-6-15/h1-3,5-6,9-12,18H,4,7-8,13-14H2,(H,25,28)(H,26,29)/t18-/m0/s1. The molecule has 152 valence electrons. The smallest absolute Gasteiger partial charge is 0.262 e. The monoisotopic (exact) mass is 402 g/mol. The first-order valence-corrected chi connectivity index (χ1v) is 10.1. The fraction of sp³-hybridized carbons (Fsp3) is 0.261. The lowest BCUT2D eigenvalue weighted by atomic mass is 9.92. The van der Waals surface area contributed by atoms with Crippen LogP contribution in [0.4, 0.5) is 5.69 Å². The minimum Gasteiger partial charge on any atom is -0.482 e. The first kappa shape index (κ1) is 18.4. The molecule has 5 rings (SSSR count). The molecular formula is C23H22N4O3. The number of fused-ring (bicyclic) bond motifs is 2. The van der Waals surface area contributed by atoms with Gasteiger partial charge in [0.1, 0.15) is 5.75 Å². The topological polar surface area (TPSA) is 85.2 Å². The molecule has 0 radical (unpaired) electrons. The number of benzene rings is 2. The van der Waals surface area contributed by atoms with Gasteiger partial charge in [-0.2, -0.15) is 5.10 Å². The van der Waals surface area contributed by atoms with Crippen LogP contribution in [0.5, 0.6) is 5.75 Å². The van der Waals surface area contributed by atoms with Crippen molar-refractivity contribution in [3.8, 4) is 5.75 Å². The van der Waals surface area contributed by atoms with Gasteiger partial charge < -0.3 is 15.4 Å². The summed E-state index contributed by atoms with van der Waals surface area (Å²) >= 11 is 0. The molecule has 30 heavy (non-hydrogen) atoms. The molecule has 0 fully saturated rings. The lowest BCUT2D eigenvalue weighted by molar-refractivity contribution is -0.118. The number of rotatable bonds is 4.